The lowest BCUT2D eigenvalue weighted by Crippen LogP contribution is -2.22. The lowest BCUT2D eigenvalue weighted by Gasteiger charge is -2.13. The maximum Gasteiger partial charge on any atom is 0.262 e. The Kier molecular flexibility index (Phi) is 5.69. The summed E-state index contributed by atoms with van der Waals surface area (Å²) in [7, 11) is -0.458. The van der Waals surface area contributed by atoms with Gasteiger partial charge in [0.15, 0.2) is 5.16 Å². The Morgan fingerprint density at radius 3 is 2.56 bits per heavy atom. The molecule has 0 aliphatic carbocycles. The van der Waals surface area contributed by atoms with E-state index in [9.17, 15) is 13.2 Å². The molecule has 0 radical (unpaired) electrons. The normalized spacial score (nSPS) is 12.0. The van der Waals surface area contributed by atoms with Crippen LogP contribution in [0, 0.1) is 0 Å². The third-order valence-electron chi connectivity index (χ3n) is 4.19. The van der Waals surface area contributed by atoms with Crippen molar-refractivity contribution in [1.29, 1.82) is 0 Å². The highest BCUT2D eigenvalue weighted by Crippen LogP contribution is 2.24. The van der Waals surface area contributed by atoms with E-state index in [1.807, 2.05) is 31.2 Å². The first-order valence-corrected chi connectivity index (χ1v) is 10.9. The minimum absolute atomic E-state index is 0.0606. The number of fused-ring (bicyclic) bond motifs is 1. The highest BCUT2D eigenvalue weighted by molar-refractivity contribution is 7.98. The minimum atomic E-state index is -3.48. The standard InChI is InChI=1S/C19H21N3O3S2/c1-4-22-18(23)16-10-5-6-11-17(16)20-19(22)26-13-14-8-7-9-15(12-14)27(24,25)21(2)3/h5-12H,4,13H2,1-3H3. The predicted molar refractivity (Wildman–Crippen MR) is 109 cm³/mol. The second kappa shape index (κ2) is 7.84. The molecule has 0 N–H and O–H groups in total. The molecule has 27 heavy (non-hydrogen) atoms. The van der Waals surface area contributed by atoms with Gasteiger partial charge in [-0.1, -0.05) is 36.0 Å². The lowest BCUT2D eigenvalue weighted by molar-refractivity contribution is 0.520. The summed E-state index contributed by atoms with van der Waals surface area (Å²) in [4.78, 5) is 17.6. The zero-order valence-corrected chi connectivity index (χ0v) is 17.0. The summed E-state index contributed by atoms with van der Waals surface area (Å²) >= 11 is 1.42. The van der Waals surface area contributed by atoms with E-state index in [1.165, 1.54) is 30.2 Å². The molecular formula is C19H21N3O3S2. The number of aromatic nitrogens is 2. The topological polar surface area (TPSA) is 72.3 Å². The molecule has 0 bridgehead atoms. The Bertz CT molecular complexity index is 1140. The van der Waals surface area contributed by atoms with Crippen LogP contribution in [-0.2, 0) is 22.3 Å². The number of benzene rings is 2. The van der Waals surface area contributed by atoms with Gasteiger partial charge in [-0.2, -0.15) is 0 Å². The Morgan fingerprint density at radius 2 is 1.85 bits per heavy atom. The molecule has 1 aromatic heterocycles. The maximum atomic E-state index is 12.7. The van der Waals surface area contributed by atoms with E-state index < -0.39 is 10.0 Å². The van der Waals surface area contributed by atoms with Crippen LogP contribution in [0.5, 0.6) is 0 Å². The molecule has 0 unspecified atom stereocenters. The van der Waals surface area contributed by atoms with Gasteiger partial charge in [0.2, 0.25) is 10.0 Å². The first-order chi connectivity index (χ1) is 12.8. The van der Waals surface area contributed by atoms with Crippen LogP contribution < -0.4 is 5.56 Å². The average molecular weight is 404 g/mol. The third kappa shape index (κ3) is 3.92. The Labute approximate surface area is 162 Å². The fourth-order valence-electron chi connectivity index (χ4n) is 2.69. The molecular weight excluding hydrogens is 382 g/mol. The van der Waals surface area contributed by atoms with Gasteiger partial charge in [-0.25, -0.2) is 17.7 Å². The van der Waals surface area contributed by atoms with Gasteiger partial charge in [-0.3, -0.25) is 9.36 Å². The fourth-order valence-corrected chi connectivity index (χ4v) is 4.67. The summed E-state index contributed by atoms with van der Waals surface area (Å²) in [5, 5.41) is 1.23. The van der Waals surface area contributed by atoms with Gasteiger partial charge in [0.05, 0.1) is 15.8 Å². The summed E-state index contributed by atoms with van der Waals surface area (Å²) in [6, 6.07) is 14.1. The van der Waals surface area contributed by atoms with Gasteiger partial charge in [0, 0.05) is 26.4 Å². The molecule has 0 aliphatic heterocycles. The lowest BCUT2D eigenvalue weighted by atomic mass is 10.2. The smallest absolute Gasteiger partial charge is 0.262 e. The summed E-state index contributed by atoms with van der Waals surface area (Å²) < 4.78 is 27.5. The molecule has 0 aliphatic rings. The third-order valence-corrected chi connectivity index (χ3v) is 7.05. The van der Waals surface area contributed by atoms with Crippen molar-refractivity contribution in [3.63, 3.8) is 0 Å². The van der Waals surface area contributed by atoms with E-state index in [0.29, 0.717) is 28.4 Å². The van der Waals surface area contributed by atoms with Crippen molar-refractivity contribution in [3.8, 4) is 0 Å². The van der Waals surface area contributed by atoms with E-state index in [1.54, 1.807) is 28.8 Å². The van der Waals surface area contributed by atoms with Gasteiger partial charge in [0.1, 0.15) is 0 Å². The van der Waals surface area contributed by atoms with E-state index in [4.69, 9.17) is 0 Å². The monoisotopic (exact) mass is 403 g/mol. The van der Waals surface area contributed by atoms with Gasteiger partial charge in [-0.05, 0) is 36.8 Å². The van der Waals surface area contributed by atoms with Crippen molar-refractivity contribution >= 4 is 32.7 Å². The summed E-state index contributed by atoms with van der Waals surface area (Å²) in [5.74, 6) is 0.515. The molecule has 3 rings (SSSR count). The van der Waals surface area contributed by atoms with Crippen LogP contribution in [0.3, 0.4) is 0 Å². The molecule has 8 heteroatoms. The Morgan fingerprint density at radius 1 is 1.11 bits per heavy atom. The van der Waals surface area contributed by atoms with Crippen LogP contribution >= 0.6 is 11.8 Å². The molecule has 1 heterocycles. The molecule has 0 amide bonds. The quantitative estimate of drug-likeness (QED) is 0.467. The number of rotatable bonds is 6. The molecule has 0 saturated carbocycles. The SMILES string of the molecule is CCn1c(SCc2cccc(S(=O)(=O)N(C)C)c2)nc2ccccc2c1=O. The van der Waals surface area contributed by atoms with Crippen LogP contribution in [0.15, 0.2) is 63.4 Å². The Hall–Kier alpha value is -2.16. The number of sulfonamides is 1. The average Bonchev–Trinajstić information content (AvgIpc) is 2.66. The van der Waals surface area contributed by atoms with Crippen molar-refractivity contribution in [2.24, 2.45) is 0 Å². The van der Waals surface area contributed by atoms with Crippen LogP contribution in [0.2, 0.25) is 0 Å². The minimum Gasteiger partial charge on any atom is -0.287 e. The van der Waals surface area contributed by atoms with Crippen molar-refractivity contribution < 1.29 is 8.42 Å². The molecule has 0 atom stereocenters. The first kappa shape index (κ1) is 19.6. The van der Waals surface area contributed by atoms with Gasteiger partial charge < -0.3 is 0 Å². The van der Waals surface area contributed by atoms with E-state index >= 15 is 0 Å². The highest BCUT2D eigenvalue weighted by Gasteiger charge is 2.17. The number of hydrogen-bond donors (Lipinski definition) is 0. The maximum absolute atomic E-state index is 12.7. The first-order valence-electron chi connectivity index (χ1n) is 8.48. The van der Waals surface area contributed by atoms with Crippen molar-refractivity contribution in [3.05, 3.63) is 64.4 Å². The van der Waals surface area contributed by atoms with Crippen molar-refractivity contribution in [2.45, 2.75) is 29.3 Å². The number of para-hydroxylation sites is 1. The molecule has 142 valence electrons. The molecule has 0 fully saturated rings. The van der Waals surface area contributed by atoms with Crippen LogP contribution in [0.25, 0.3) is 10.9 Å². The van der Waals surface area contributed by atoms with Gasteiger partial charge >= 0.3 is 0 Å². The number of thioether (sulfide) groups is 1. The van der Waals surface area contributed by atoms with Crippen LogP contribution in [-0.4, -0.2) is 36.4 Å². The van der Waals surface area contributed by atoms with Gasteiger partial charge in [0.25, 0.3) is 5.56 Å². The summed E-state index contributed by atoms with van der Waals surface area (Å²) in [6.45, 7) is 2.43. The second-order valence-corrected chi connectivity index (χ2v) is 9.28. The van der Waals surface area contributed by atoms with Gasteiger partial charge in [-0.15, -0.1) is 0 Å². The number of nitrogens with zero attached hydrogens (tertiary/aromatic N) is 3. The van der Waals surface area contributed by atoms with E-state index in [0.717, 1.165) is 5.56 Å². The van der Waals surface area contributed by atoms with E-state index in [-0.39, 0.29) is 10.5 Å². The fraction of sp³-hybridized carbons (Fsp3) is 0.263. The summed E-state index contributed by atoms with van der Waals surface area (Å²) in [5.41, 5.74) is 1.46. The predicted octanol–water partition coefficient (Wildman–Crippen LogP) is 2.96. The largest absolute Gasteiger partial charge is 0.287 e. The number of hydrogen-bond acceptors (Lipinski definition) is 5. The molecule has 0 saturated heterocycles. The Balaban J connectivity index is 1.93. The molecule has 6 nitrogen and oxygen atoms in total. The second-order valence-electron chi connectivity index (χ2n) is 6.18. The highest BCUT2D eigenvalue weighted by atomic mass is 32.2. The van der Waals surface area contributed by atoms with Crippen LogP contribution in [0.4, 0.5) is 0 Å². The molecule has 0 spiro atoms. The van der Waals surface area contributed by atoms with Crippen LogP contribution in [0.1, 0.15) is 12.5 Å². The van der Waals surface area contributed by atoms with Crippen molar-refractivity contribution in [1.82, 2.24) is 13.9 Å². The zero-order chi connectivity index (χ0) is 19.6. The van der Waals surface area contributed by atoms with E-state index in [2.05, 4.69) is 4.98 Å². The van der Waals surface area contributed by atoms with Crippen molar-refractivity contribution in [2.75, 3.05) is 14.1 Å². The molecule has 3 aromatic rings. The molecule has 2 aromatic carbocycles. The zero-order valence-electron chi connectivity index (χ0n) is 15.4. The summed E-state index contributed by atoms with van der Waals surface area (Å²) in [6.07, 6.45) is 0.